The number of hydrogen-bond acceptors (Lipinski definition) is 3. The van der Waals surface area contributed by atoms with Crippen LogP contribution in [0.5, 0.6) is 0 Å². The van der Waals surface area contributed by atoms with Crippen LogP contribution in [0.3, 0.4) is 0 Å². The molecule has 1 rings (SSSR count). The summed E-state index contributed by atoms with van der Waals surface area (Å²) in [5, 5.41) is 4.65. The zero-order chi connectivity index (χ0) is 12.0. The van der Waals surface area contributed by atoms with Crippen molar-refractivity contribution < 1.29 is 4.74 Å². The van der Waals surface area contributed by atoms with Crippen molar-refractivity contribution in [2.45, 2.75) is 52.2 Å². The van der Waals surface area contributed by atoms with Gasteiger partial charge in [0.2, 0.25) is 0 Å². The number of nitrogens with one attached hydrogen (secondary N) is 1. The average Bonchev–Trinajstić information content (AvgIpc) is 2.71. The van der Waals surface area contributed by atoms with Crippen LogP contribution in [-0.2, 0) is 4.74 Å². The smallest absolute Gasteiger partial charge is 0.157 e. The summed E-state index contributed by atoms with van der Waals surface area (Å²) in [5.41, 5.74) is 0.276. The summed E-state index contributed by atoms with van der Waals surface area (Å²) in [6, 6.07) is 0. The molecular formula is C12H24N2OS. The van der Waals surface area contributed by atoms with Gasteiger partial charge in [-0.05, 0) is 26.7 Å². The zero-order valence-corrected chi connectivity index (χ0v) is 11.7. The van der Waals surface area contributed by atoms with Crippen LogP contribution in [0, 0.1) is 0 Å². The first-order valence-corrected chi connectivity index (χ1v) is 7.21. The second kappa shape index (κ2) is 6.50. The Morgan fingerprint density at radius 3 is 2.62 bits per heavy atom. The first-order valence-electron chi connectivity index (χ1n) is 6.22. The molecule has 0 aromatic heterocycles. The second-order valence-corrected chi connectivity index (χ2v) is 5.28. The third-order valence-electron chi connectivity index (χ3n) is 3.15. The zero-order valence-electron chi connectivity index (χ0n) is 10.9. The Morgan fingerprint density at radius 1 is 1.44 bits per heavy atom. The van der Waals surface area contributed by atoms with Gasteiger partial charge in [0, 0.05) is 17.9 Å². The van der Waals surface area contributed by atoms with Crippen molar-refractivity contribution in [2.75, 3.05) is 18.9 Å². The lowest BCUT2D eigenvalue weighted by molar-refractivity contribution is 0.0829. The lowest BCUT2D eigenvalue weighted by Gasteiger charge is -2.25. The molecule has 4 heteroatoms. The molecule has 1 N–H and O–H groups in total. The summed E-state index contributed by atoms with van der Waals surface area (Å²) in [7, 11) is 0. The highest BCUT2D eigenvalue weighted by Gasteiger charge is 2.33. The number of hydrogen-bond donors (Lipinski definition) is 1. The Hall–Kier alpha value is -0.220. The Balaban J connectivity index is 2.43. The van der Waals surface area contributed by atoms with E-state index in [9.17, 15) is 0 Å². The van der Waals surface area contributed by atoms with Gasteiger partial charge in [-0.2, -0.15) is 0 Å². The highest BCUT2D eigenvalue weighted by Crippen LogP contribution is 2.28. The van der Waals surface area contributed by atoms with Gasteiger partial charge in [0.25, 0.3) is 0 Å². The minimum Gasteiger partial charge on any atom is -0.377 e. The summed E-state index contributed by atoms with van der Waals surface area (Å²) < 4.78 is 5.46. The van der Waals surface area contributed by atoms with Crippen molar-refractivity contribution in [1.29, 1.82) is 0 Å². The van der Waals surface area contributed by atoms with Crippen molar-refractivity contribution in [1.82, 2.24) is 5.32 Å². The van der Waals surface area contributed by atoms with Crippen LogP contribution in [0.1, 0.15) is 40.5 Å². The quantitative estimate of drug-likeness (QED) is 0.780. The third-order valence-corrected chi connectivity index (χ3v) is 4.36. The molecule has 0 radical (unpaired) electrons. The van der Waals surface area contributed by atoms with E-state index in [1.165, 1.54) is 0 Å². The maximum atomic E-state index is 5.46. The second-order valence-electron chi connectivity index (χ2n) is 4.31. The molecule has 0 aromatic carbocycles. The Kier molecular flexibility index (Phi) is 5.62. The van der Waals surface area contributed by atoms with Crippen LogP contribution >= 0.6 is 11.8 Å². The first kappa shape index (κ1) is 13.8. The van der Waals surface area contributed by atoms with E-state index in [-0.39, 0.29) is 11.6 Å². The van der Waals surface area contributed by atoms with Crippen molar-refractivity contribution in [3.05, 3.63) is 0 Å². The van der Waals surface area contributed by atoms with Gasteiger partial charge in [0.05, 0.1) is 12.6 Å². The van der Waals surface area contributed by atoms with Crippen LogP contribution in [0.25, 0.3) is 0 Å². The molecule has 0 amide bonds. The molecule has 16 heavy (non-hydrogen) atoms. The fourth-order valence-corrected chi connectivity index (χ4v) is 3.12. The van der Waals surface area contributed by atoms with Gasteiger partial charge in [-0.25, -0.2) is 0 Å². The van der Waals surface area contributed by atoms with E-state index in [1.54, 1.807) is 0 Å². The predicted molar refractivity (Wildman–Crippen MR) is 72.3 cm³/mol. The third kappa shape index (κ3) is 3.67. The molecule has 1 fully saturated rings. The molecule has 0 aliphatic carbocycles. The fourth-order valence-electron chi connectivity index (χ4n) is 1.77. The average molecular weight is 244 g/mol. The van der Waals surface area contributed by atoms with Crippen LogP contribution in [0.2, 0.25) is 0 Å². The van der Waals surface area contributed by atoms with E-state index in [1.807, 2.05) is 18.7 Å². The first-order chi connectivity index (χ1) is 7.65. The van der Waals surface area contributed by atoms with Gasteiger partial charge in [0.15, 0.2) is 5.17 Å². The SMILES string of the molecule is CCOC(C)CN=C1NC(CC)(CC)CS1. The molecule has 1 aliphatic heterocycles. The fraction of sp³-hybridized carbons (Fsp3) is 0.917. The van der Waals surface area contributed by atoms with E-state index in [0.29, 0.717) is 0 Å². The van der Waals surface area contributed by atoms with Crippen molar-refractivity contribution in [2.24, 2.45) is 4.99 Å². The summed E-state index contributed by atoms with van der Waals surface area (Å²) in [6.45, 7) is 10.1. The number of aliphatic imine (C=N–C) groups is 1. The maximum absolute atomic E-state index is 5.46. The molecule has 0 saturated carbocycles. The normalized spacial score (nSPS) is 23.4. The largest absolute Gasteiger partial charge is 0.377 e. The van der Waals surface area contributed by atoms with E-state index in [4.69, 9.17) is 4.74 Å². The standard InChI is InChI=1S/C12H24N2OS/c1-5-12(6-2)9-16-11(14-12)13-8-10(4)15-7-3/h10H,5-9H2,1-4H3,(H,13,14). The number of nitrogens with zero attached hydrogens (tertiary/aromatic N) is 1. The lowest BCUT2D eigenvalue weighted by atomic mass is 9.96. The molecule has 3 nitrogen and oxygen atoms in total. The molecule has 0 bridgehead atoms. The van der Waals surface area contributed by atoms with Gasteiger partial charge in [-0.3, -0.25) is 4.99 Å². The van der Waals surface area contributed by atoms with Gasteiger partial charge in [-0.1, -0.05) is 25.6 Å². The molecule has 1 aliphatic rings. The van der Waals surface area contributed by atoms with Gasteiger partial charge < -0.3 is 10.1 Å². The molecule has 1 unspecified atom stereocenters. The molecule has 1 heterocycles. The van der Waals surface area contributed by atoms with Gasteiger partial charge in [0.1, 0.15) is 0 Å². The molecule has 94 valence electrons. The van der Waals surface area contributed by atoms with Crippen LogP contribution in [0.4, 0.5) is 0 Å². The topological polar surface area (TPSA) is 33.6 Å². The Labute approximate surface area is 103 Å². The lowest BCUT2D eigenvalue weighted by Crippen LogP contribution is -2.42. The summed E-state index contributed by atoms with van der Waals surface area (Å²) in [6.07, 6.45) is 2.55. The van der Waals surface area contributed by atoms with Crippen molar-refractivity contribution in [3.8, 4) is 0 Å². The minimum atomic E-state index is 0.221. The van der Waals surface area contributed by atoms with E-state index in [0.717, 1.165) is 36.9 Å². The van der Waals surface area contributed by atoms with Crippen LogP contribution in [-0.4, -0.2) is 35.7 Å². The summed E-state index contributed by atoms with van der Waals surface area (Å²) in [4.78, 5) is 4.58. The summed E-state index contributed by atoms with van der Waals surface area (Å²) >= 11 is 1.84. The van der Waals surface area contributed by atoms with Gasteiger partial charge >= 0.3 is 0 Å². The molecule has 1 atom stereocenters. The Bertz CT molecular complexity index is 239. The van der Waals surface area contributed by atoms with Crippen molar-refractivity contribution in [3.63, 3.8) is 0 Å². The monoisotopic (exact) mass is 244 g/mol. The molecular weight excluding hydrogens is 220 g/mol. The highest BCUT2D eigenvalue weighted by atomic mass is 32.2. The Morgan fingerprint density at radius 2 is 2.12 bits per heavy atom. The van der Waals surface area contributed by atoms with E-state index < -0.39 is 0 Å². The van der Waals surface area contributed by atoms with Gasteiger partial charge in [-0.15, -0.1) is 0 Å². The van der Waals surface area contributed by atoms with Crippen LogP contribution < -0.4 is 5.32 Å². The number of amidine groups is 1. The molecule has 1 saturated heterocycles. The van der Waals surface area contributed by atoms with Crippen LogP contribution in [0.15, 0.2) is 4.99 Å². The predicted octanol–water partition coefficient (Wildman–Crippen LogP) is 2.66. The van der Waals surface area contributed by atoms with E-state index in [2.05, 4.69) is 31.1 Å². The highest BCUT2D eigenvalue weighted by molar-refractivity contribution is 8.14. The summed E-state index contributed by atoms with van der Waals surface area (Å²) in [5.74, 6) is 1.14. The molecule has 0 aromatic rings. The van der Waals surface area contributed by atoms with Crippen molar-refractivity contribution >= 4 is 16.9 Å². The number of ether oxygens (including phenoxy) is 1. The maximum Gasteiger partial charge on any atom is 0.157 e. The van der Waals surface area contributed by atoms with E-state index >= 15 is 0 Å². The number of thioether (sulfide) groups is 1. The molecule has 0 spiro atoms. The number of rotatable bonds is 6. The minimum absolute atomic E-state index is 0.221.